The Morgan fingerprint density at radius 1 is 1.62 bits per heavy atom. The number of phenols is 1. The van der Waals surface area contributed by atoms with Crippen LogP contribution in [0.1, 0.15) is 15.9 Å². The molecule has 3 N–H and O–H groups in total. The number of phenolic OH excluding ortho intramolecular Hbond substituents is 1. The van der Waals surface area contributed by atoms with Crippen LogP contribution in [0.4, 0.5) is 0 Å². The van der Waals surface area contributed by atoms with E-state index in [1.807, 2.05) is 0 Å². The molecule has 1 rings (SSSR count). The minimum atomic E-state index is -0.277. The van der Waals surface area contributed by atoms with E-state index in [-0.39, 0.29) is 28.7 Å². The minimum absolute atomic E-state index is 0.0547. The number of carbonyl (C=O) groups excluding carboxylic acids is 1. The van der Waals surface area contributed by atoms with Gasteiger partial charge in [0.05, 0.1) is 11.6 Å². The fraction of sp³-hybridized carbons (Fsp3) is 0.222. The van der Waals surface area contributed by atoms with Crippen molar-refractivity contribution in [1.82, 2.24) is 0 Å². The van der Waals surface area contributed by atoms with Crippen molar-refractivity contribution >= 4 is 17.4 Å². The molecule has 0 heterocycles. The Hall–Kier alpha value is -1.06. The molecule has 0 spiro atoms. The third-order valence-electron chi connectivity index (χ3n) is 1.80. The van der Waals surface area contributed by atoms with Crippen LogP contribution in [-0.4, -0.2) is 17.4 Å². The van der Waals surface area contributed by atoms with E-state index in [0.717, 1.165) is 0 Å². The molecule has 0 amide bonds. The first-order valence-corrected chi connectivity index (χ1v) is 4.17. The van der Waals surface area contributed by atoms with Gasteiger partial charge in [-0.3, -0.25) is 4.79 Å². The number of rotatable bonds is 2. The summed E-state index contributed by atoms with van der Waals surface area (Å²) in [5.41, 5.74) is 6.08. The van der Waals surface area contributed by atoms with Crippen LogP contribution in [0.5, 0.6) is 5.75 Å². The van der Waals surface area contributed by atoms with E-state index in [2.05, 4.69) is 0 Å². The van der Waals surface area contributed by atoms with Gasteiger partial charge in [0, 0.05) is 5.56 Å². The van der Waals surface area contributed by atoms with Gasteiger partial charge in [0.15, 0.2) is 5.78 Å². The number of halogens is 1. The summed E-state index contributed by atoms with van der Waals surface area (Å²) in [6.07, 6.45) is 0. The van der Waals surface area contributed by atoms with Crippen molar-refractivity contribution in [3.05, 3.63) is 28.3 Å². The zero-order chi connectivity index (χ0) is 10.0. The molecule has 1 aromatic carbocycles. The number of carbonyl (C=O) groups is 1. The minimum Gasteiger partial charge on any atom is -0.506 e. The van der Waals surface area contributed by atoms with Crippen molar-refractivity contribution in [3.63, 3.8) is 0 Å². The quantitative estimate of drug-likeness (QED) is 0.710. The second-order valence-electron chi connectivity index (χ2n) is 2.72. The normalized spacial score (nSPS) is 10.1. The van der Waals surface area contributed by atoms with Gasteiger partial charge in [-0.05, 0) is 18.6 Å². The van der Waals surface area contributed by atoms with Gasteiger partial charge < -0.3 is 10.8 Å². The van der Waals surface area contributed by atoms with Crippen molar-refractivity contribution in [2.45, 2.75) is 6.92 Å². The van der Waals surface area contributed by atoms with Crippen molar-refractivity contribution < 1.29 is 9.90 Å². The monoisotopic (exact) mass is 199 g/mol. The molecule has 0 aliphatic heterocycles. The molecule has 0 aliphatic carbocycles. The average molecular weight is 200 g/mol. The Bertz CT molecular complexity index is 350. The Labute approximate surface area is 81.1 Å². The SMILES string of the molecule is Cc1ccc(C(=O)CN)c(Cl)c1O. The molecule has 70 valence electrons. The molecule has 4 heteroatoms. The van der Waals surface area contributed by atoms with Crippen LogP contribution in [0.25, 0.3) is 0 Å². The highest BCUT2D eigenvalue weighted by atomic mass is 35.5. The summed E-state index contributed by atoms with van der Waals surface area (Å²) in [5, 5.41) is 9.49. The lowest BCUT2D eigenvalue weighted by Crippen LogP contribution is -2.14. The first kappa shape index (κ1) is 10.0. The largest absolute Gasteiger partial charge is 0.506 e. The third-order valence-corrected chi connectivity index (χ3v) is 2.19. The van der Waals surface area contributed by atoms with Crippen LogP contribution in [-0.2, 0) is 0 Å². The van der Waals surface area contributed by atoms with E-state index in [0.29, 0.717) is 5.56 Å². The summed E-state index contributed by atoms with van der Waals surface area (Å²) in [5.74, 6) is -0.332. The number of ketones is 1. The molecule has 0 saturated heterocycles. The molecule has 1 aromatic rings. The maximum absolute atomic E-state index is 11.2. The predicted molar refractivity (Wildman–Crippen MR) is 51.2 cm³/mol. The summed E-state index contributed by atoms with van der Waals surface area (Å²) < 4.78 is 0. The number of hydrogen-bond donors (Lipinski definition) is 2. The van der Waals surface area contributed by atoms with Gasteiger partial charge in [0.25, 0.3) is 0 Å². The average Bonchev–Trinajstić information content (AvgIpc) is 2.13. The molecule has 0 aromatic heterocycles. The Morgan fingerprint density at radius 3 is 2.77 bits per heavy atom. The van der Waals surface area contributed by atoms with E-state index in [4.69, 9.17) is 17.3 Å². The van der Waals surface area contributed by atoms with E-state index < -0.39 is 0 Å². The summed E-state index contributed by atoms with van der Waals surface area (Å²) in [6, 6.07) is 3.19. The number of Topliss-reactive ketones (excluding diaryl/α,β-unsaturated/α-hetero) is 1. The summed E-state index contributed by atoms with van der Waals surface area (Å²) in [6.45, 7) is 1.60. The van der Waals surface area contributed by atoms with E-state index in [9.17, 15) is 9.90 Å². The van der Waals surface area contributed by atoms with Crippen molar-refractivity contribution in [1.29, 1.82) is 0 Å². The van der Waals surface area contributed by atoms with Crippen LogP contribution in [0.2, 0.25) is 5.02 Å². The van der Waals surface area contributed by atoms with Crippen LogP contribution in [0.15, 0.2) is 12.1 Å². The smallest absolute Gasteiger partial charge is 0.178 e. The van der Waals surface area contributed by atoms with Crippen LogP contribution >= 0.6 is 11.6 Å². The molecule has 3 nitrogen and oxygen atoms in total. The maximum atomic E-state index is 11.2. The van der Waals surface area contributed by atoms with E-state index in [1.165, 1.54) is 0 Å². The van der Waals surface area contributed by atoms with E-state index in [1.54, 1.807) is 19.1 Å². The Kier molecular flexibility index (Phi) is 2.90. The Morgan fingerprint density at radius 2 is 2.23 bits per heavy atom. The summed E-state index contributed by atoms with van der Waals surface area (Å²) in [4.78, 5) is 11.2. The molecule has 0 saturated carbocycles. The van der Waals surface area contributed by atoms with Gasteiger partial charge in [-0.15, -0.1) is 0 Å². The van der Waals surface area contributed by atoms with Crippen LogP contribution in [0, 0.1) is 6.92 Å². The molecule has 0 radical (unpaired) electrons. The molecule has 0 atom stereocenters. The highest BCUT2D eigenvalue weighted by molar-refractivity contribution is 6.35. The lowest BCUT2D eigenvalue weighted by Gasteiger charge is -2.05. The van der Waals surface area contributed by atoms with Gasteiger partial charge in [-0.1, -0.05) is 17.7 Å². The number of aromatic hydroxyl groups is 1. The molecular weight excluding hydrogens is 190 g/mol. The number of hydrogen-bond acceptors (Lipinski definition) is 3. The number of nitrogens with two attached hydrogens (primary N) is 1. The zero-order valence-electron chi connectivity index (χ0n) is 7.17. The fourth-order valence-electron chi connectivity index (χ4n) is 0.986. The number of aryl methyl sites for hydroxylation is 1. The summed E-state index contributed by atoms with van der Waals surface area (Å²) in [7, 11) is 0. The number of benzene rings is 1. The summed E-state index contributed by atoms with van der Waals surface area (Å²) >= 11 is 5.75. The zero-order valence-corrected chi connectivity index (χ0v) is 7.93. The van der Waals surface area contributed by atoms with Crippen molar-refractivity contribution in [2.24, 2.45) is 5.73 Å². The molecule has 0 aliphatic rings. The predicted octanol–water partition coefficient (Wildman–Crippen LogP) is 1.50. The fourth-order valence-corrected chi connectivity index (χ4v) is 1.30. The van der Waals surface area contributed by atoms with Gasteiger partial charge in [-0.25, -0.2) is 0 Å². The standard InChI is InChI=1S/C9H10ClNO2/c1-5-2-3-6(7(12)4-11)8(10)9(5)13/h2-3,13H,4,11H2,1H3. The second-order valence-corrected chi connectivity index (χ2v) is 3.10. The molecule has 0 bridgehead atoms. The first-order chi connectivity index (χ1) is 6.07. The first-order valence-electron chi connectivity index (χ1n) is 3.79. The van der Waals surface area contributed by atoms with E-state index >= 15 is 0 Å². The highest BCUT2D eigenvalue weighted by Crippen LogP contribution is 2.30. The van der Waals surface area contributed by atoms with Gasteiger partial charge in [0.1, 0.15) is 5.75 Å². The van der Waals surface area contributed by atoms with Gasteiger partial charge in [-0.2, -0.15) is 0 Å². The van der Waals surface area contributed by atoms with Crippen LogP contribution in [0.3, 0.4) is 0 Å². The third kappa shape index (κ3) is 1.82. The molecule has 13 heavy (non-hydrogen) atoms. The lowest BCUT2D eigenvalue weighted by molar-refractivity contribution is 0.100. The molecule has 0 fully saturated rings. The molecule has 0 unspecified atom stereocenters. The van der Waals surface area contributed by atoms with Gasteiger partial charge in [0.2, 0.25) is 0 Å². The van der Waals surface area contributed by atoms with Crippen molar-refractivity contribution in [2.75, 3.05) is 6.54 Å². The Balaban J connectivity index is 3.26. The second kappa shape index (κ2) is 3.77. The van der Waals surface area contributed by atoms with Crippen molar-refractivity contribution in [3.8, 4) is 5.75 Å². The maximum Gasteiger partial charge on any atom is 0.178 e. The lowest BCUT2D eigenvalue weighted by atomic mass is 10.1. The topological polar surface area (TPSA) is 63.3 Å². The van der Waals surface area contributed by atoms with Crippen LogP contribution < -0.4 is 5.73 Å². The van der Waals surface area contributed by atoms with Gasteiger partial charge >= 0.3 is 0 Å². The highest BCUT2D eigenvalue weighted by Gasteiger charge is 2.12. The molecular formula is C9H10ClNO2.